The predicted octanol–water partition coefficient (Wildman–Crippen LogP) is 2.16. The van der Waals surface area contributed by atoms with Gasteiger partial charge < -0.3 is 15.5 Å². The molecule has 1 aromatic rings. The highest BCUT2D eigenvalue weighted by atomic mass is 35.5. The van der Waals surface area contributed by atoms with Gasteiger partial charge in [-0.15, -0.1) is 0 Å². The van der Waals surface area contributed by atoms with Gasteiger partial charge in [0.25, 0.3) is 0 Å². The third kappa shape index (κ3) is 3.87. The molecule has 1 aromatic carbocycles. The van der Waals surface area contributed by atoms with Crippen LogP contribution in [0.25, 0.3) is 0 Å². The molecule has 2 N–H and O–H groups in total. The second-order valence-electron chi connectivity index (χ2n) is 6.11. The summed E-state index contributed by atoms with van der Waals surface area (Å²) in [6, 6.07) is 5.86. The van der Waals surface area contributed by atoms with E-state index in [-0.39, 0.29) is 11.4 Å². The molecule has 0 aromatic heterocycles. The summed E-state index contributed by atoms with van der Waals surface area (Å²) in [6.45, 7) is 8.94. The van der Waals surface area contributed by atoms with Crippen LogP contribution in [0, 0.1) is 0 Å². The maximum Gasteiger partial charge on any atom is 0.239 e. The molecule has 1 aliphatic heterocycles. The van der Waals surface area contributed by atoms with Crippen molar-refractivity contribution in [3.63, 3.8) is 0 Å². The molecule has 0 atom stereocenters. The van der Waals surface area contributed by atoms with Crippen LogP contribution < -0.4 is 15.5 Å². The number of anilines is 1. The molecule has 0 unspecified atom stereocenters. The fraction of sp³-hybridized carbons (Fsp3) is 0.533. The van der Waals surface area contributed by atoms with Crippen LogP contribution in [0.4, 0.5) is 5.69 Å². The van der Waals surface area contributed by atoms with E-state index in [4.69, 9.17) is 11.6 Å². The van der Waals surface area contributed by atoms with Gasteiger partial charge in [-0.2, -0.15) is 0 Å². The van der Waals surface area contributed by atoms with E-state index in [0.717, 1.165) is 22.8 Å². The molecule has 4 nitrogen and oxygen atoms in total. The summed E-state index contributed by atoms with van der Waals surface area (Å²) < 4.78 is 0. The van der Waals surface area contributed by atoms with E-state index < -0.39 is 0 Å². The largest absolute Gasteiger partial charge is 0.360 e. The highest BCUT2D eigenvalue weighted by Gasteiger charge is 2.21. The van der Waals surface area contributed by atoms with Crippen molar-refractivity contribution in [2.24, 2.45) is 0 Å². The number of carbonyl (C=O) groups excluding carboxylic acids is 1. The van der Waals surface area contributed by atoms with E-state index in [0.29, 0.717) is 19.6 Å². The van der Waals surface area contributed by atoms with Crippen molar-refractivity contribution in [1.29, 1.82) is 0 Å². The first kappa shape index (κ1) is 15.1. The Morgan fingerprint density at radius 1 is 1.40 bits per heavy atom. The Bertz CT molecular complexity index is 496. The molecule has 0 bridgehead atoms. The minimum atomic E-state index is 0.0235. The molecule has 2 rings (SSSR count). The molecule has 20 heavy (non-hydrogen) atoms. The minimum absolute atomic E-state index is 0.0235. The van der Waals surface area contributed by atoms with Gasteiger partial charge in [0.2, 0.25) is 5.91 Å². The van der Waals surface area contributed by atoms with Crippen LogP contribution in [0.2, 0.25) is 5.02 Å². The molecule has 110 valence electrons. The van der Waals surface area contributed by atoms with Gasteiger partial charge in [-0.25, -0.2) is 0 Å². The lowest BCUT2D eigenvalue weighted by molar-refractivity contribution is -0.120. The molecule has 1 aliphatic rings. The summed E-state index contributed by atoms with van der Waals surface area (Å²) >= 11 is 6.35. The molecule has 0 saturated carbocycles. The molecule has 0 aliphatic carbocycles. The van der Waals surface area contributed by atoms with E-state index in [9.17, 15) is 4.79 Å². The van der Waals surface area contributed by atoms with E-state index in [1.165, 1.54) is 0 Å². The summed E-state index contributed by atoms with van der Waals surface area (Å²) in [6.07, 6.45) is 0. The Balaban J connectivity index is 2.23. The van der Waals surface area contributed by atoms with Crippen molar-refractivity contribution in [3.05, 3.63) is 28.8 Å². The Labute approximate surface area is 125 Å². The van der Waals surface area contributed by atoms with Crippen LogP contribution in [0.3, 0.4) is 0 Å². The molecule has 5 heteroatoms. The van der Waals surface area contributed by atoms with Crippen molar-refractivity contribution in [1.82, 2.24) is 10.6 Å². The zero-order chi connectivity index (χ0) is 14.8. The Morgan fingerprint density at radius 2 is 2.15 bits per heavy atom. The normalized spacial score (nSPS) is 16.2. The van der Waals surface area contributed by atoms with Crippen molar-refractivity contribution >= 4 is 23.2 Å². The fourth-order valence-corrected chi connectivity index (χ4v) is 2.45. The zero-order valence-electron chi connectivity index (χ0n) is 12.3. The first-order chi connectivity index (χ1) is 9.37. The quantitative estimate of drug-likeness (QED) is 0.898. The van der Waals surface area contributed by atoms with E-state index >= 15 is 0 Å². The second-order valence-corrected chi connectivity index (χ2v) is 6.52. The second kappa shape index (κ2) is 6.02. The maximum absolute atomic E-state index is 11.6. The molecular formula is C15H22ClN3O. The molecule has 1 heterocycles. The van der Waals surface area contributed by atoms with Crippen LogP contribution in [-0.4, -0.2) is 31.1 Å². The van der Waals surface area contributed by atoms with E-state index in [1.54, 1.807) is 0 Å². The van der Waals surface area contributed by atoms with Gasteiger partial charge in [0.05, 0.1) is 6.54 Å². The van der Waals surface area contributed by atoms with Gasteiger partial charge in [0.1, 0.15) is 0 Å². The first-order valence-corrected chi connectivity index (χ1v) is 7.29. The molecule has 1 saturated heterocycles. The summed E-state index contributed by atoms with van der Waals surface area (Å²) in [5.74, 6) is 0.0611. The maximum atomic E-state index is 11.6. The summed E-state index contributed by atoms with van der Waals surface area (Å²) in [4.78, 5) is 13.6. The number of hydrogen-bond acceptors (Lipinski definition) is 3. The highest BCUT2D eigenvalue weighted by Crippen LogP contribution is 2.28. The van der Waals surface area contributed by atoms with E-state index in [1.807, 2.05) is 18.2 Å². The molecular weight excluding hydrogens is 274 g/mol. The lowest BCUT2D eigenvalue weighted by Crippen LogP contribution is -2.48. The number of amides is 1. The molecule has 0 spiro atoms. The van der Waals surface area contributed by atoms with Crippen LogP contribution in [0.15, 0.2) is 18.2 Å². The topological polar surface area (TPSA) is 44.4 Å². The van der Waals surface area contributed by atoms with Gasteiger partial charge in [-0.05, 0) is 32.9 Å². The van der Waals surface area contributed by atoms with Gasteiger partial charge in [-0.3, -0.25) is 4.79 Å². The fourth-order valence-electron chi connectivity index (χ4n) is 2.22. The zero-order valence-corrected chi connectivity index (χ0v) is 13.0. The lowest BCUT2D eigenvalue weighted by Gasteiger charge is -2.31. The number of nitrogens with zero attached hydrogens (tertiary/aromatic N) is 1. The lowest BCUT2D eigenvalue weighted by atomic mass is 10.1. The Hall–Kier alpha value is -1.26. The molecule has 1 amide bonds. The summed E-state index contributed by atoms with van der Waals surface area (Å²) in [7, 11) is 0. The predicted molar refractivity (Wildman–Crippen MR) is 83.3 cm³/mol. The third-order valence-electron chi connectivity index (χ3n) is 3.27. The Kier molecular flexibility index (Phi) is 4.55. The third-order valence-corrected chi connectivity index (χ3v) is 3.62. The van der Waals surface area contributed by atoms with Crippen molar-refractivity contribution in [2.75, 3.05) is 24.5 Å². The number of carbonyl (C=O) groups is 1. The average molecular weight is 296 g/mol. The summed E-state index contributed by atoms with van der Waals surface area (Å²) in [5, 5.41) is 7.04. The van der Waals surface area contributed by atoms with Crippen molar-refractivity contribution in [2.45, 2.75) is 32.9 Å². The Morgan fingerprint density at radius 3 is 2.80 bits per heavy atom. The van der Waals surface area contributed by atoms with Crippen LogP contribution in [0.1, 0.15) is 26.3 Å². The van der Waals surface area contributed by atoms with Crippen LogP contribution in [-0.2, 0) is 11.3 Å². The molecule has 0 radical (unpaired) electrons. The number of nitrogens with one attached hydrogen (secondary N) is 2. The monoisotopic (exact) mass is 295 g/mol. The highest BCUT2D eigenvalue weighted by molar-refractivity contribution is 6.31. The number of halogens is 1. The average Bonchev–Trinajstić information content (AvgIpc) is 2.36. The van der Waals surface area contributed by atoms with Crippen molar-refractivity contribution in [3.8, 4) is 0 Å². The van der Waals surface area contributed by atoms with Gasteiger partial charge in [0, 0.05) is 41.4 Å². The smallest absolute Gasteiger partial charge is 0.239 e. The van der Waals surface area contributed by atoms with Crippen LogP contribution in [0.5, 0.6) is 0 Å². The van der Waals surface area contributed by atoms with Gasteiger partial charge >= 0.3 is 0 Å². The number of benzene rings is 1. The SMILES string of the molecule is CC(C)(C)NCc1c(Cl)cccc1N1CCNC(=O)C1. The minimum Gasteiger partial charge on any atom is -0.360 e. The number of piperazine rings is 1. The van der Waals surface area contributed by atoms with Gasteiger partial charge in [-0.1, -0.05) is 17.7 Å². The van der Waals surface area contributed by atoms with Crippen LogP contribution >= 0.6 is 11.6 Å². The molecule has 1 fully saturated rings. The van der Waals surface area contributed by atoms with E-state index in [2.05, 4.69) is 36.3 Å². The summed E-state index contributed by atoms with van der Waals surface area (Å²) in [5.41, 5.74) is 2.12. The number of rotatable bonds is 3. The van der Waals surface area contributed by atoms with Crippen molar-refractivity contribution < 1.29 is 4.79 Å². The first-order valence-electron chi connectivity index (χ1n) is 6.91. The number of hydrogen-bond donors (Lipinski definition) is 2. The van der Waals surface area contributed by atoms with Gasteiger partial charge in [0.15, 0.2) is 0 Å². The standard InChI is InChI=1S/C15H22ClN3O/c1-15(2,3)18-9-11-12(16)5-4-6-13(11)19-8-7-17-14(20)10-19/h4-6,18H,7-10H2,1-3H3,(H,17,20).